The van der Waals surface area contributed by atoms with Crippen molar-refractivity contribution in [3.05, 3.63) is 69.5 Å². The predicted octanol–water partition coefficient (Wildman–Crippen LogP) is 3.97. The zero-order valence-corrected chi connectivity index (χ0v) is 15.6. The van der Waals surface area contributed by atoms with E-state index in [1.165, 1.54) is 19.1 Å². The van der Waals surface area contributed by atoms with Crippen LogP contribution < -0.4 is 5.32 Å². The number of nitrogens with one attached hydrogen (secondary N) is 1. The van der Waals surface area contributed by atoms with Crippen LogP contribution in [-0.4, -0.2) is 24.5 Å². The number of rotatable bonds is 7. The molecule has 0 aliphatic carbocycles. The Kier molecular flexibility index (Phi) is 7.42. The van der Waals surface area contributed by atoms with Crippen LogP contribution in [0.2, 0.25) is 10.0 Å². The highest BCUT2D eigenvalue weighted by Crippen LogP contribution is 2.25. The van der Waals surface area contributed by atoms with E-state index in [0.29, 0.717) is 28.6 Å². The van der Waals surface area contributed by atoms with Crippen LogP contribution in [-0.2, 0) is 27.2 Å². The third kappa shape index (κ3) is 6.00. The standard InChI is InChI=1S/C19H18Cl2FNO3/c1-12(19(25)23-10-9-13-5-7-14(22)8-6-13)26-18(24)11-15-16(20)3-2-4-17(15)21/h2-8,12H,9-11H2,1H3,(H,23,25)/t12-/m0/s1. The maximum atomic E-state index is 12.8. The third-order valence-electron chi connectivity index (χ3n) is 3.69. The molecule has 0 heterocycles. The molecule has 2 aromatic carbocycles. The summed E-state index contributed by atoms with van der Waals surface area (Å²) in [6.45, 7) is 1.84. The van der Waals surface area contributed by atoms with Gasteiger partial charge >= 0.3 is 5.97 Å². The fraction of sp³-hybridized carbons (Fsp3) is 0.263. The van der Waals surface area contributed by atoms with Gasteiger partial charge in [-0.1, -0.05) is 41.4 Å². The van der Waals surface area contributed by atoms with Gasteiger partial charge in [-0.3, -0.25) is 9.59 Å². The van der Waals surface area contributed by atoms with Crippen LogP contribution in [0.15, 0.2) is 42.5 Å². The van der Waals surface area contributed by atoms with Crippen molar-refractivity contribution in [1.29, 1.82) is 0 Å². The summed E-state index contributed by atoms with van der Waals surface area (Å²) in [6, 6.07) is 11.0. The van der Waals surface area contributed by atoms with Crippen molar-refractivity contribution < 1.29 is 18.7 Å². The number of hydrogen-bond donors (Lipinski definition) is 1. The van der Waals surface area contributed by atoms with Crippen LogP contribution in [0.5, 0.6) is 0 Å². The van der Waals surface area contributed by atoms with E-state index >= 15 is 0 Å². The molecule has 1 atom stereocenters. The van der Waals surface area contributed by atoms with Crippen molar-refractivity contribution in [2.75, 3.05) is 6.54 Å². The second-order valence-corrected chi connectivity index (χ2v) is 6.49. The van der Waals surface area contributed by atoms with Crippen LogP contribution >= 0.6 is 23.2 Å². The monoisotopic (exact) mass is 397 g/mol. The lowest BCUT2D eigenvalue weighted by molar-refractivity contribution is -0.154. The number of halogens is 3. The average molecular weight is 398 g/mol. The van der Waals surface area contributed by atoms with Crippen molar-refractivity contribution in [1.82, 2.24) is 5.32 Å². The quantitative estimate of drug-likeness (QED) is 0.719. The number of carbonyl (C=O) groups is 2. The first-order valence-electron chi connectivity index (χ1n) is 8.01. The smallest absolute Gasteiger partial charge is 0.311 e. The Hall–Kier alpha value is -2.11. The summed E-state index contributed by atoms with van der Waals surface area (Å²) in [5.74, 6) is -1.32. The second-order valence-electron chi connectivity index (χ2n) is 5.68. The Labute approximate surface area is 161 Å². The van der Waals surface area contributed by atoms with E-state index < -0.39 is 18.0 Å². The van der Waals surface area contributed by atoms with E-state index in [-0.39, 0.29) is 12.2 Å². The Morgan fingerprint density at radius 3 is 2.35 bits per heavy atom. The van der Waals surface area contributed by atoms with Gasteiger partial charge in [0.2, 0.25) is 0 Å². The first kappa shape index (κ1) is 20.2. The first-order valence-corrected chi connectivity index (χ1v) is 8.77. The summed E-state index contributed by atoms with van der Waals surface area (Å²) in [4.78, 5) is 24.0. The molecule has 0 saturated carbocycles. The minimum Gasteiger partial charge on any atom is -0.452 e. The van der Waals surface area contributed by atoms with Gasteiger partial charge in [0.05, 0.1) is 6.42 Å². The van der Waals surface area contributed by atoms with E-state index in [2.05, 4.69) is 5.32 Å². The summed E-state index contributed by atoms with van der Waals surface area (Å²) < 4.78 is 18.0. The molecular weight excluding hydrogens is 380 g/mol. The Morgan fingerprint density at radius 2 is 1.73 bits per heavy atom. The number of benzene rings is 2. The Balaban J connectivity index is 1.79. The molecule has 7 heteroatoms. The van der Waals surface area contributed by atoms with Crippen molar-refractivity contribution in [2.45, 2.75) is 25.9 Å². The molecule has 0 saturated heterocycles. The van der Waals surface area contributed by atoms with Crippen LogP contribution in [0.4, 0.5) is 4.39 Å². The molecule has 2 rings (SSSR count). The van der Waals surface area contributed by atoms with Crippen molar-refractivity contribution in [3.8, 4) is 0 Å². The van der Waals surface area contributed by atoms with Gasteiger partial charge in [-0.05, 0) is 43.2 Å². The Bertz CT molecular complexity index is 761. The second kappa shape index (κ2) is 9.55. The van der Waals surface area contributed by atoms with E-state index in [1.54, 1.807) is 30.3 Å². The molecule has 0 bridgehead atoms. The maximum Gasteiger partial charge on any atom is 0.311 e. The van der Waals surface area contributed by atoms with Crippen LogP contribution in [0.3, 0.4) is 0 Å². The van der Waals surface area contributed by atoms with Crippen LogP contribution in [0.25, 0.3) is 0 Å². The largest absolute Gasteiger partial charge is 0.452 e. The molecular formula is C19H18Cl2FNO3. The molecule has 0 spiro atoms. The molecule has 138 valence electrons. The lowest BCUT2D eigenvalue weighted by Gasteiger charge is -2.14. The number of esters is 1. The number of ether oxygens (including phenoxy) is 1. The van der Waals surface area contributed by atoms with Crippen molar-refractivity contribution >= 4 is 35.1 Å². The van der Waals surface area contributed by atoms with Gasteiger partial charge in [-0.2, -0.15) is 0 Å². The molecule has 26 heavy (non-hydrogen) atoms. The molecule has 0 aromatic heterocycles. The highest BCUT2D eigenvalue weighted by Gasteiger charge is 2.19. The molecule has 0 fully saturated rings. The summed E-state index contributed by atoms with van der Waals surface area (Å²) in [6.07, 6.45) is -0.523. The summed E-state index contributed by atoms with van der Waals surface area (Å²) >= 11 is 12.0. The Morgan fingerprint density at radius 1 is 1.12 bits per heavy atom. The lowest BCUT2D eigenvalue weighted by atomic mass is 10.1. The van der Waals surface area contributed by atoms with Gasteiger partial charge in [0.25, 0.3) is 5.91 Å². The molecule has 0 aliphatic heterocycles. The molecule has 2 aromatic rings. The van der Waals surface area contributed by atoms with Gasteiger partial charge in [0.1, 0.15) is 5.82 Å². The zero-order valence-electron chi connectivity index (χ0n) is 14.1. The van der Waals surface area contributed by atoms with Crippen molar-refractivity contribution in [3.63, 3.8) is 0 Å². The van der Waals surface area contributed by atoms with Crippen LogP contribution in [0, 0.1) is 5.82 Å². The van der Waals surface area contributed by atoms with Gasteiger partial charge < -0.3 is 10.1 Å². The van der Waals surface area contributed by atoms with E-state index in [1.807, 2.05) is 0 Å². The fourth-order valence-corrected chi connectivity index (χ4v) is 2.79. The maximum absolute atomic E-state index is 12.8. The fourth-order valence-electron chi connectivity index (χ4n) is 2.26. The molecule has 0 radical (unpaired) electrons. The molecule has 0 unspecified atom stereocenters. The van der Waals surface area contributed by atoms with Crippen molar-refractivity contribution in [2.24, 2.45) is 0 Å². The van der Waals surface area contributed by atoms with Gasteiger partial charge in [0.15, 0.2) is 6.10 Å². The predicted molar refractivity (Wildman–Crippen MR) is 98.8 cm³/mol. The number of hydrogen-bond acceptors (Lipinski definition) is 3. The highest BCUT2D eigenvalue weighted by atomic mass is 35.5. The normalized spacial score (nSPS) is 11.7. The van der Waals surface area contributed by atoms with E-state index in [4.69, 9.17) is 27.9 Å². The number of amides is 1. The minimum absolute atomic E-state index is 0.119. The molecule has 1 amide bonds. The summed E-state index contributed by atoms with van der Waals surface area (Å²) in [5, 5.41) is 3.41. The van der Waals surface area contributed by atoms with Gasteiger partial charge in [0, 0.05) is 22.2 Å². The minimum atomic E-state index is -0.947. The van der Waals surface area contributed by atoms with E-state index in [9.17, 15) is 14.0 Å². The topological polar surface area (TPSA) is 55.4 Å². The molecule has 4 nitrogen and oxygen atoms in total. The zero-order chi connectivity index (χ0) is 19.1. The van der Waals surface area contributed by atoms with Gasteiger partial charge in [-0.25, -0.2) is 4.39 Å². The number of carbonyl (C=O) groups excluding carboxylic acids is 2. The third-order valence-corrected chi connectivity index (χ3v) is 4.39. The highest BCUT2D eigenvalue weighted by molar-refractivity contribution is 6.36. The lowest BCUT2D eigenvalue weighted by Crippen LogP contribution is -2.37. The van der Waals surface area contributed by atoms with Gasteiger partial charge in [-0.15, -0.1) is 0 Å². The summed E-state index contributed by atoms with van der Waals surface area (Å²) in [7, 11) is 0. The summed E-state index contributed by atoms with van der Waals surface area (Å²) in [5.41, 5.74) is 1.36. The van der Waals surface area contributed by atoms with E-state index in [0.717, 1.165) is 5.56 Å². The van der Waals surface area contributed by atoms with Crippen LogP contribution in [0.1, 0.15) is 18.1 Å². The molecule has 1 N–H and O–H groups in total. The first-order chi connectivity index (χ1) is 12.4. The average Bonchev–Trinajstić information content (AvgIpc) is 2.60. The molecule has 0 aliphatic rings. The SMILES string of the molecule is C[C@H](OC(=O)Cc1c(Cl)cccc1Cl)C(=O)NCCc1ccc(F)cc1.